The van der Waals surface area contributed by atoms with E-state index in [0.29, 0.717) is 6.42 Å². The third kappa shape index (κ3) is 5.51. The third-order valence-electron chi connectivity index (χ3n) is 5.93. The van der Waals surface area contributed by atoms with Crippen molar-refractivity contribution in [2.45, 2.75) is 50.8 Å². The number of rotatable bonds is 10. The molecule has 1 aliphatic carbocycles. The lowest BCUT2D eigenvalue weighted by atomic mass is 9.98. The zero-order valence-corrected chi connectivity index (χ0v) is 19.0. The van der Waals surface area contributed by atoms with Crippen molar-refractivity contribution in [3.63, 3.8) is 0 Å². The van der Waals surface area contributed by atoms with E-state index in [2.05, 4.69) is 10.6 Å². The second kappa shape index (κ2) is 11.0. The quantitative estimate of drug-likeness (QED) is 0.508. The number of hydrogen-bond donors (Lipinski definition) is 3. The summed E-state index contributed by atoms with van der Waals surface area (Å²) in [5.41, 5.74) is 4.39. The number of aliphatic carboxylic acids is 1. The van der Waals surface area contributed by atoms with E-state index in [1.54, 1.807) is 6.92 Å². The molecule has 0 unspecified atom stereocenters. The molecule has 2 aromatic carbocycles. The van der Waals surface area contributed by atoms with E-state index < -0.39 is 36.2 Å². The number of ether oxygens (including phenoxy) is 2. The van der Waals surface area contributed by atoms with Crippen molar-refractivity contribution >= 4 is 18.0 Å². The summed E-state index contributed by atoms with van der Waals surface area (Å²) in [6.07, 6.45) is -0.605. The standard InChI is InChI=1S/C25H30N2O6/c1-4-9-21(24(29)30)26-23(28)22(15(2)32-3)27-25(31)33-14-20-18-12-7-5-10-16(18)17-11-6-8-13-19(17)20/h5-8,10-13,15,20-22H,4,9,14H2,1-3H3,(H,26,28)(H,27,31)(H,29,30)/t15-,21-,22+/m1/s1. The molecule has 0 saturated heterocycles. The predicted octanol–water partition coefficient (Wildman–Crippen LogP) is 3.30. The summed E-state index contributed by atoms with van der Waals surface area (Å²) in [5.74, 6) is -1.88. The number of methoxy groups -OCH3 is 1. The molecule has 0 radical (unpaired) electrons. The molecule has 0 heterocycles. The van der Waals surface area contributed by atoms with Crippen molar-refractivity contribution in [1.29, 1.82) is 0 Å². The van der Waals surface area contributed by atoms with Crippen LogP contribution in [0.15, 0.2) is 48.5 Å². The smallest absolute Gasteiger partial charge is 0.407 e. The van der Waals surface area contributed by atoms with Gasteiger partial charge in [-0.3, -0.25) is 4.79 Å². The summed E-state index contributed by atoms with van der Waals surface area (Å²) >= 11 is 0. The Labute approximate surface area is 193 Å². The lowest BCUT2D eigenvalue weighted by Gasteiger charge is -2.25. The molecule has 33 heavy (non-hydrogen) atoms. The molecule has 1 aliphatic rings. The van der Waals surface area contributed by atoms with Gasteiger partial charge in [-0.2, -0.15) is 0 Å². The van der Waals surface area contributed by atoms with Gasteiger partial charge in [-0.15, -0.1) is 0 Å². The van der Waals surface area contributed by atoms with Crippen molar-refractivity contribution in [2.24, 2.45) is 0 Å². The van der Waals surface area contributed by atoms with Gasteiger partial charge in [0.15, 0.2) is 0 Å². The van der Waals surface area contributed by atoms with E-state index >= 15 is 0 Å². The number of nitrogens with one attached hydrogen (secondary N) is 2. The van der Waals surface area contributed by atoms with Gasteiger partial charge in [0.25, 0.3) is 0 Å². The highest BCUT2D eigenvalue weighted by Gasteiger charge is 2.32. The van der Waals surface area contributed by atoms with Gasteiger partial charge in [0.2, 0.25) is 5.91 Å². The first-order chi connectivity index (χ1) is 15.9. The fourth-order valence-electron chi connectivity index (χ4n) is 4.11. The Bertz CT molecular complexity index is 962. The van der Waals surface area contributed by atoms with Crippen molar-refractivity contribution in [3.05, 3.63) is 59.7 Å². The van der Waals surface area contributed by atoms with E-state index in [1.807, 2.05) is 55.5 Å². The normalized spacial score (nSPS) is 15.0. The highest BCUT2D eigenvalue weighted by molar-refractivity contribution is 5.89. The van der Waals surface area contributed by atoms with Gasteiger partial charge in [0, 0.05) is 13.0 Å². The third-order valence-corrected chi connectivity index (χ3v) is 5.93. The highest BCUT2D eigenvalue weighted by Crippen LogP contribution is 2.44. The van der Waals surface area contributed by atoms with Gasteiger partial charge in [-0.25, -0.2) is 9.59 Å². The van der Waals surface area contributed by atoms with Crippen molar-refractivity contribution in [1.82, 2.24) is 10.6 Å². The first-order valence-corrected chi connectivity index (χ1v) is 11.0. The van der Waals surface area contributed by atoms with Gasteiger partial charge < -0.3 is 25.2 Å². The van der Waals surface area contributed by atoms with E-state index in [0.717, 1.165) is 22.3 Å². The second-order valence-electron chi connectivity index (χ2n) is 8.08. The van der Waals surface area contributed by atoms with Gasteiger partial charge in [0.05, 0.1) is 6.10 Å². The molecule has 0 spiro atoms. The SMILES string of the molecule is CCC[C@@H](NC(=O)[C@@H](NC(=O)OCC1c2ccccc2-c2ccccc21)[C@@H](C)OC)C(=O)O. The summed E-state index contributed by atoms with van der Waals surface area (Å²) < 4.78 is 10.7. The Morgan fingerprint density at radius 3 is 2.09 bits per heavy atom. The topological polar surface area (TPSA) is 114 Å². The Morgan fingerprint density at radius 2 is 1.58 bits per heavy atom. The van der Waals surface area contributed by atoms with Crippen LogP contribution in [-0.2, 0) is 19.1 Å². The van der Waals surface area contributed by atoms with Crippen LogP contribution in [0.5, 0.6) is 0 Å². The molecule has 0 saturated carbocycles. The number of alkyl carbamates (subject to hydrolysis) is 1. The lowest BCUT2D eigenvalue weighted by Crippen LogP contribution is -2.56. The fraction of sp³-hybridized carbons (Fsp3) is 0.400. The van der Waals surface area contributed by atoms with Crippen LogP contribution in [0.2, 0.25) is 0 Å². The lowest BCUT2D eigenvalue weighted by molar-refractivity contribution is -0.142. The molecule has 0 fully saturated rings. The minimum absolute atomic E-state index is 0.100. The number of carbonyl (C=O) groups excluding carboxylic acids is 2. The maximum Gasteiger partial charge on any atom is 0.407 e. The molecular weight excluding hydrogens is 424 g/mol. The van der Waals surface area contributed by atoms with Crippen LogP contribution in [0, 0.1) is 0 Å². The monoisotopic (exact) mass is 454 g/mol. The predicted molar refractivity (Wildman–Crippen MR) is 123 cm³/mol. The number of carboxylic acids is 1. The summed E-state index contributed by atoms with van der Waals surface area (Å²) in [5, 5.41) is 14.3. The summed E-state index contributed by atoms with van der Waals surface area (Å²) in [7, 11) is 1.41. The van der Waals surface area contributed by atoms with Crippen LogP contribution in [0.25, 0.3) is 11.1 Å². The summed E-state index contributed by atoms with van der Waals surface area (Å²) in [4.78, 5) is 36.8. The average molecular weight is 455 g/mol. The molecule has 0 aliphatic heterocycles. The molecule has 0 aromatic heterocycles. The number of fused-ring (bicyclic) bond motifs is 3. The van der Waals surface area contributed by atoms with Crippen LogP contribution in [0.3, 0.4) is 0 Å². The molecule has 8 nitrogen and oxygen atoms in total. The van der Waals surface area contributed by atoms with Crippen LogP contribution >= 0.6 is 0 Å². The minimum Gasteiger partial charge on any atom is -0.480 e. The molecular formula is C25H30N2O6. The number of carboxylic acid groups (broad SMARTS) is 1. The molecule has 3 rings (SSSR count). The zero-order valence-electron chi connectivity index (χ0n) is 19.0. The second-order valence-corrected chi connectivity index (χ2v) is 8.08. The highest BCUT2D eigenvalue weighted by atomic mass is 16.5. The maximum atomic E-state index is 12.7. The summed E-state index contributed by atoms with van der Waals surface area (Å²) in [6.45, 7) is 3.54. The van der Waals surface area contributed by atoms with Crippen molar-refractivity contribution in [2.75, 3.05) is 13.7 Å². The first kappa shape index (κ1) is 24.3. The van der Waals surface area contributed by atoms with Gasteiger partial charge in [-0.05, 0) is 35.6 Å². The van der Waals surface area contributed by atoms with Crippen molar-refractivity contribution in [3.8, 4) is 11.1 Å². The van der Waals surface area contributed by atoms with E-state index in [9.17, 15) is 19.5 Å². The van der Waals surface area contributed by atoms with E-state index in [4.69, 9.17) is 9.47 Å². The van der Waals surface area contributed by atoms with Crippen molar-refractivity contribution < 1.29 is 29.0 Å². The maximum absolute atomic E-state index is 12.7. The van der Waals surface area contributed by atoms with Gasteiger partial charge in [0.1, 0.15) is 18.7 Å². The zero-order chi connectivity index (χ0) is 24.0. The molecule has 0 bridgehead atoms. The van der Waals surface area contributed by atoms with E-state index in [-0.39, 0.29) is 18.9 Å². The fourth-order valence-corrected chi connectivity index (χ4v) is 4.11. The minimum atomic E-state index is -1.13. The molecule has 176 valence electrons. The van der Waals surface area contributed by atoms with Crippen LogP contribution < -0.4 is 10.6 Å². The van der Waals surface area contributed by atoms with Crippen LogP contribution in [-0.4, -0.2) is 55.0 Å². The number of hydrogen-bond acceptors (Lipinski definition) is 5. The molecule has 2 amide bonds. The Balaban J connectivity index is 1.68. The van der Waals surface area contributed by atoms with Crippen LogP contribution in [0.4, 0.5) is 4.79 Å². The Morgan fingerprint density at radius 1 is 1.00 bits per heavy atom. The average Bonchev–Trinajstić information content (AvgIpc) is 3.14. The van der Waals surface area contributed by atoms with Gasteiger partial charge >= 0.3 is 12.1 Å². The van der Waals surface area contributed by atoms with E-state index in [1.165, 1.54) is 7.11 Å². The summed E-state index contributed by atoms with van der Waals surface area (Å²) in [6, 6.07) is 13.8. The number of benzene rings is 2. The molecule has 3 N–H and O–H groups in total. The number of carbonyl (C=O) groups is 3. The first-order valence-electron chi connectivity index (χ1n) is 11.0. The molecule has 8 heteroatoms. The Hall–Kier alpha value is -3.39. The Kier molecular flexibility index (Phi) is 8.06. The van der Waals surface area contributed by atoms with Gasteiger partial charge in [-0.1, -0.05) is 61.9 Å². The largest absolute Gasteiger partial charge is 0.480 e. The number of amides is 2. The molecule has 3 atom stereocenters. The van der Waals surface area contributed by atoms with Crippen LogP contribution in [0.1, 0.15) is 43.7 Å². The molecule has 2 aromatic rings.